The van der Waals surface area contributed by atoms with E-state index in [0.717, 1.165) is 32.5 Å². The van der Waals surface area contributed by atoms with Crippen molar-refractivity contribution in [1.82, 2.24) is 4.90 Å². The molecule has 1 saturated heterocycles. The minimum Gasteiger partial charge on any atom is -0.389 e. The summed E-state index contributed by atoms with van der Waals surface area (Å²) in [4.78, 5) is 2.28. The first-order chi connectivity index (χ1) is 10.6. The zero-order valence-corrected chi connectivity index (χ0v) is 13.8. The SMILES string of the molecule is CC(C)OC[C@@H](O)CN(Cc1ccccc1)C[C@H]1CCCO1. The number of aliphatic hydroxyl groups excluding tert-OH is 1. The zero-order chi connectivity index (χ0) is 15.8. The lowest BCUT2D eigenvalue weighted by Crippen LogP contribution is -2.39. The van der Waals surface area contributed by atoms with E-state index in [0.29, 0.717) is 19.3 Å². The minimum absolute atomic E-state index is 0.149. The minimum atomic E-state index is -0.465. The van der Waals surface area contributed by atoms with Crippen LogP contribution >= 0.6 is 0 Å². The second-order valence-corrected chi connectivity index (χ2v) is 6.35. The molecule has 1 aliphatic rings. The smallest absolute Gasteiger partial charge is 0.0900 e. The highest BCUT2D eigenvalue weighted by Crippen LogP contribution is 2.15. The molecule has 0 amide bonds. The van der Waals surface area contributed by atoms with Crippen molar-refractivity contribution in [3.05, 3.63) is 35.9 Å². The summed E-state index contributed by atoms with van der Waals surface area (Å²) in [5.41, 5.74) is 1.26. The number of ether oxygens (including phenoxy) is 2. The first-order valence-electron chi connectivity index (χ1n) is 8.31. The van der Waals surface area contributed by atoms with Gasteiger partial charge in [0.05, 0.1) is 24.9 Å². The van der Waals surface area contributed by atoms with Crippen molar-refractivity contribution >= 4 is 0 Å². The van der Waals surface area contributed by atoms with E-state index in [4.69, 9.17) is 9.47 Å². The molecule has 0 aromatic heterocycles. The average Bonchev–Trinajstić information content (AvgIpc) is 2.99. The normalized spacial score (nSPS) is 20.0. The molecule has 0 unspecified atom stereocenters. The number of nitrogens with zero attached hydrogens (tertiary/aromatic N) is 1. The van der Waals surface area contributed by atoms with Crippen LogP contribution in [-0.4, -0.2) is 54.6 Å². The van der Waals surface area contributed by atoms with Gasteiger partial charge in [-0.3, -0.25) is 4.90 Å². The van der Waals surface area contributed by atoms with Gasteiger partial charge in [-0.25, -0.2) is 0 Å². The van der Waals surface area contributed by atoms with Crippen molar-refractivity contribution in [2.45, 2.75) is 51.5 Å². The van der Waals surface area contributed by atoms with Crippen molar-refractivity contribution in [2.24, 2.45) is 0 Å². The molecule has 1 aromatic rings. The van der Waals surface area contributed by atoms with Crippen LogP contribution in [0.4, 0.5) is 0 Å². The van der Waals surface area contributed by atoms with Gasteiger partial charge < -0.3 is 14.6 Å². The fourth-order valence-electron chi connectivity index (χ4n) is 2.78. The molecular weight excluding hydrogens is 278 g/mol. The molecule has 4 nitrogen and oxygen atoms in total. The van der Waals surface area contributed by atoms with E-state index >= 15 is 0 Å². The summed E-state index contributed by atoms with van der Waals surface area (Å²) in [6, 6.07) is 10.4. The summed E-state index contributed by atoms with van der Waals surface area (Å²) >= 11 is 0. The fourth-order valence-corrected chi connectivity index (χ4v) is 2.78. The molecule has 124 valence electrons. The predicted octanol–water partition coefficient (Wildman–Crippen LogP) is 2.45. The summed E-state index contributed by atoms with van der Waals surface area (Å²) in [6.07, 6.45) is 2.23. The number of hydrogen-bond donors (Lipinski definition) is 1. The van der Waals surface area contributed by atoms with Crippen molar-refractivity contribution in [3.63, 3.8) is 0 Å². The monoisotopic (exact) mass is 307 g/mol. The molecule has 0 aliphatic carbocycles. The first-order valence-corrected chi connectivity index (χ1v) is 8.31. The third-order valence-corrected chi connectivity index (χ3v) is 3.83. The maximum Gasteiger partial charge on any atom is 0.0900 e. The molecule has 1 N–H and O–H groups in total. The molecule has 1 aliphatic heterocycles. The standard InChI is InChI=1S/C18H29NO3/c1-15(2)22-14-17(20)12-19(13-18-9-6-10-21-18)11-16-7-4-3-5-8-16/h3-5,7-8,15,17-18,20H,6,9-14H2,1-2H3/t17-,18+/m0/s1. The van der Waals surface area contributed by atoms with Crippen LogP contribution in [0.15, 0.2) is 30.3 Å². The van der Waals surface area contributed by atoms with Gasteiger partial charge >= 0.3 is 0 Å². The van der Waals surface area contributed by atoms with E-state index in [2.05, 4.69) is 29.2 Å². The highest BCUT2D eigenvalue weighted by Gasteiger charge is 2.21. The lowest BCUT2D eigenvalue weighted by atomic mass is 10.1. The van der Waals surface area contributed by atoms with Gasteiger partial charge in [0, 0.05) is 26.2 Å². The largest absolute Gasteiger partial charge is 0.389 e. The lowest BCUT2D eigenvalue weighted by molar-refractivity contribution is -0.0172. The summed E-state index contributed by atoms with van der Waals surface area (Å²) < 4.78 is 11.3. The molecule has 0 radical (unpaired) electrons. The first kappa shape index (κ1) is 17.4. The number of rotatable bonds is 9. The van der Waals surface area contributed by atoms with Crippen LogP contribution in [-0.2, 0) is 16.0 Å². The van der Waals surface area contributed by atoms with E-state index in [1.54, 1.807) is 0 Å². The van der Waals surface area contributed by atoms with Crippen LogP contribution < -0.4 is 0 Å². The Hall–Kier alpha value is -0.940. The van der Waals surface area contributed by atoms with Crippen molar-refractivity contribution < 1.29 is 14.6 Å². The Balaban J connectivity index is 1.88. The number of benzene rings is 1. The highest BCUT2D eigenvalue weighted by molar-refractivity contribution is 5.14. The highest BCUT2D eigenvalue weighted by atomic mass is 16.5. The van der Waals surface area contributed by atoms with Crippen LogP contribution in [0.2, 0.25) is 0 Å². The third-order valence-electron chi connectivity index (χ3n) is 3.83. The van der Waals surface area contributed by atoms with Gasteiger partial charge in [0.1, 0.15) is 0 Å². The summed E-state index contributed by atoms with van der Waals surface area (Å²) in [7, 11) is 0. The van der Waals surface area contributed by atoms with Gasteiger partial charge in [-0.15, -0.1) is 0 Å². The fraction of sp³-hybridized carbons (Fsp3) is 0.667. The number of hydrogen-bond acceptors (Lipinski definition) is 4. The maximum absolute atomic E-state index is 10.2. The van der Waals surface area contributed by atoms with Gasteiger partial charge in [-0.1, -0.05) is 30.3 Å². The van der Waals surface area contributed by atoms with Gasteiger partial charge in [0.2, 0.25) is 0 Å². The Bertz CT molecular complexity index is 404. The Morgan fingerprint density at radius 2 is 2.09 bits per heavy atom. The van der Waals surface area contributed by atoms with Gasteiger partial charge in [0.15, 0.2) is 0 Å². The van der Waals surface area contributed by atoms with Gasteiger partial charge in [0.25, 0.3) is 0 Å². The third kappa shape index (κ3) is 6.44. The van der Waals surface area contributed by atoms with E-state index in [-0.39, 0.29) is 6.10 Å². The Kier molecular flexibility index (Phi) is 7.33. The molecular formula is C18H29NO3. The van der Waals surface area contributed by atoms with Gasteiger partial charge in [-0.05, 0) is 32.3 Å². The molecule has 4 heteroatoms. The molecule has 1 aromatic carbocycles. The van der Waals surface area contributed by atoms with Crippen LogP contribution in [0.3, 0.4) is 0 Å². The Morgan fingerprint density at radius 1 is 1.32 bits per heavy atom. The second-order valence-electron chi connectivity index (χ2n) is 6.35. The molecule has 0 bridgehead atoms. The lowest BCUT2D eigenvalue weighted by Gasteiger charge is -2.27. The van der Waals surface area contributed by atoms with Crippen LogP contribution in [0.1, 0.15) is 32.3 Å². The molecule has 0 saturated carbocycles. The Morgan fingerprint density at radius 3 is 2.73 bits per heavy atom. The molecule has 22 heavy (non-hydrogen) atoms. The summed E-state index contributed by atoms with van der Waals surface area (Å²) in [5.74, 6) is 0. The topological polar surface area (TPSA) is 41.9 Å². The molecule has 1 heterocycles. The van der Waals surface area contributed by atoms with E-state index in [1.807, 2.05) is 19.9 Å². The van der Waals surface area contributed by atoms with Crippen molar-refractivity contribution in [3.8, 4) is 0 Å². The molecule has 0 spiro atoms. The maximum atomic E-state index is 10.2. The van der Waals surface area contributed by atoms with Crippen LogP contribution in [0.25, 0.3) is 0 Å². The number of aliphatic hydroxyl groups is 1. The van der Waals surface area contributed by atoms with E-state index in [1.165, 1.54) is 5.56 Å². The molecule has 2 atom stereocenters. The van der Waals surface area contributed by atoms with Crippen LogP contribution in [0.5, 0.6) is 0 Å². The van der Waals surface area contributed by atoms with Crippen molar-refractivity contribution in [2.75, 3.05) is 26.3 Å². The van der Waals surface area contributed by atoms with Crippen LogP contribution in [0, 0.1) is 0 Å². The quantitative estimate of drug-likeness (QED) is 0.761. The van der Waals surface area contributed by atoms with E-state index in [9.17, 15) is 5.11 Å². The second kappa shape index (κ2) is 9.26. The zero-order valence-electron chi connectivity index (χ0n) is 13.8. The summed E-state index contributed by atoms with van der Waals surface area (Å²) in [6.45, 7) is 7.54. The summed E-state index contributed by atoms with van der Waals surface area (Å²) in [5, 5.41) is 10.2. The van der Waals surface area contributed by atoms with Crippen molar-refractivity contribution in [1.29, 1.82) is 0 Å². The molecule has 2 rings (SSSR count). The molecule has 1 fully saturated rings. The van der Waals surface area contributed by atoms with E-state index < -0.39 is 6.10 Å². The average molecular weight is 307 g/mol. The predicted molar refractivity (Wildman–Crippen MR) is 87.8 cm³/mol. The van der Waals surface area contributed by atoms with Gasteiger partial charge in [-0.2, -0.15) is 0 Å². The Labute approximate surface area is 134 Å².